The van der Waals surface area contributed by atoms with Crippen LogP contribution in [0.1, 0.15) is 30.5 Å². The molecule has 124 valence electrons. The number of aryl methyl sites for hydroxylation is 2. The van der Waals surface area contributed by atoms with E-state index in [4.69, 9.17) is 4.42 Å². The van der Waals surface area contributed by atoms with Gasteiger partial charge in [-0.15, -0.1) is 0 Å². The van der Waals surface area contributed by atoms with Crippen molar-refractivity contribution in [1.82, 2.24) is 4.90 Å². The van der Waals surface area contributed by atoms with Gasteiger partial charge >= 0.3 is 5.97 Å². The predicted octanol–water partition coefficient (Wildman–Crippen LogP) is 3.00. The fraction of sp³-hybridized carbons (Fsp3) is 0.444. The van der Waals surface area contributed by atoms with E-state index in [0.29, 0.717) is 0 Å². The van der Waals surface area contributed by atoms with Gasteiger partial charge in [-0.2, -0.15) is 0 Å². The molecule has 0 spiro atoms. The average Bonchev–Trinajstić information content (AvgIpc) is 2.91. The second kappa shape index (κ2) is 6.86. The summed E-state index contributed by atoms with van der Waals surface area (Å²) in [7, 11) is 1.32. The van der Waals surface area contributed by atoms with Gasteiger partial charge in [0.25, 0.3) is 0 Å². The van der Waals surface area contributed by atoms with E-state index in [9.17, 15) is 9.59 Å². The van der Waals surface area contributed by atoms with Gasteiger partial charge in [0.05, 0.1) is 19.8 Å². The maximum atomic E-state index is 12.6. The Labute approximate surface area is 136 Å². The highest BCUT2D eigenvalue weighted by Crippen LogP contribution is 2.27. The Kier molecular flexibility index (Phi) is 5.08. The van der Waals surface area contributed by atoms with Crippen LogP contribution in [0.15, 0.2) is 22.8 Å². The smallest absolute Gasteiger partial charge is 0.325 e. The minimum atomic E-state index is -0.421. The molecule has 0 saturated heterocycles. The zero-order valence-electron chi connectivity index (χ0n) is 14.3. The second-order valence-corrected chi connectivity index (χ2v) is 6.01. The summed E-state index contributed by atoms with van der Waals surface area (Å²) in [5, 5.41) is 0.947. The van der Waals surface area contributed by atoms with Gasteiger partial charge in [0, 0.05) is 17.0 Å². The lowest BCUT2D eigenvalue weighted by Crippen LogP contribution is -2.41. The van der Waals surface area contributed by atoms with Crippen molar-refractivity contribution < 1.29 is 18.7 Å². The molecule has 0 unspecified atom stereocenters. The molecular weight excluding hydrogens is 294 g/mol. The molecule has 23 heavy (non-hydrogen) atoms. The van der Waals surface area contributed by atoms with Gasteiger partial charge in [0.2, 0.25) is 5.91 Å². The van der Waals surface area contributed by atoms with Crippen molar-refractivity contribution in [2.75, 3.05) is 13.7 Å². The summed E-state index contributed by atoms with van der Waals surface area (Å²) < 4.78 is 10.3. The van der Waals surface area contributed by atoms with Gasteiger partial charge in [-0.1, -0.05) is 12.1 Å². The Morgan fingerprint density at radius 3 is 2.57 bits per heavy atom. The topological polar surface area (TPSA) is 59.8 Å². The fourth-order valence-corrected chi connectivity index (χ4v) is 2.55. The molecule has 0 atom stereocenters. The van der Waals surface area contributed by atoms with Crippen LogP contribution in [0, 0.1) is 13.8 Å². The third-order valence-electron chi connectivity index (χ3n) is 4.15. The Balaban J connectivity index is 2.25. The first kappa shape index (κ1) is 17.1. The van der Waals surface area contributed by atoms with Gasteiger partial charge in [0.1, 0.15) is 12.1 Å². The number of rotatable bonds is 5. The van der Waals surface area contributed by atoms with Crippen molar-refractivity contribution in [2.45, 2.75) is 40.2 Å². The normalized spacial score (nSPS) is 11.0. The molecule has 0 fully saturated rings. The Hall–Kier alpha value is -2.30. The van der Waals surface area contributed by atoms with Crippen molar-refractivity contribution in [3.8, 4) is 0 Å². The summed E-state index contributed by atoms with van der Waals surface area (Å²) in [4.78, 5) is 25.6. The molecular formula is C18H23NO4. The van der Waals surface area contributed by atoms with Gasteiger partial charge in [0.15, 0.2) is 0 Å². The number of hydrogen-bond acceptors (Lipinski definition) is 4. The first-order valence-electron chi connectivity index (χ1n) is 7.67. The molecule has 1 aromatic carbocycles. The zero-order chi connectivity index (χ0) is 17.1. The molecule has 5 heteroatoms. The number of carbonyl (C=O) groups excluding carboxylic acids is 2. The Morgan fingerprint density at radius 2 is 1.96 bits per heavy atom. The van der Waals surface area contributed by atoms with Crippen molar-refractivity contribution in [3.63, 3.8) is 0 Å². The van der Waals surface area contributed by atoms with Gasteiger partial charge < -0.3 is 14.1 Å². The third kappa shape index (κ3) is 3.55. The average molecular weight is 317 g/mol. The fourth-order valence-electron chi connectivity index (χ4n) is 2.55. The highest BCUT2D eigenvalue weighted by atomic mass is 16.5. The summed E-state index contributed by atoms with van der Waals surface area (Å²) in [6, 6.07) is 3.92. The quantitative estimate of drug-likeness (QED) is 0.795. The number of esters is 1. The highest BCUT2D eigenvalue weighted by Gasteiger charge is 2.22. The van der Waals surface area contributed by atoms with Crippen LogP contribution in [0.3, 0.4) is 0 Å². The van der Waals surface area contributed by atoms with E-state index < -0.39 is 5.97 Å². The molecule has 0 bridgehead atoms. The minimum absolute atomic E-state index is 0.0408. The van der Waals surface area contributed by atoms with Crippen LogP contribution in [-0.2, 0) is 20.7 Å². The summed E-state index contributed by atoms with van der Waals surface area (Å²) in [5.41, 5.74) is 3.89. The number of carbonyl (C=O) groups is 2. The number of fused-ring (bicyclic) bond motifs is 1. The summed E-state index contributed by atoms with van der Waals surface area (Å²) in [6.45, 7) is 7.74. The molecule has 0 radical (unpaired) electrons. The van der Waals surface area contributed by atoms with E-state index in [2.05, 4.69) is 4.74 Å². The maximum Gasteiger partial charge on any atom is 0.325 e. The lowest BCUT2D eigenvalue weighted by atomic mass is 10.0. The first-order chi connectivity index (χ1) is 10.8. The molecule has 2 aromatic rings. The molecule has 1 amide bonds. The molecule has 1 aromatic heterocycles. The number of amides is 1. The van der Waals surface area contributed by atoms with Crippen LogP contribution in [-0.4, -0.2) is 36.5 Å². The summed E-state index contributed by atoms with van der Waals surface area (Å²) >= 11 is 0. The number of hydrogen-bond donors (Lipinski definition) is 0. The summed E-state index contributed by atoms with van der Waals surface area (Å²) in [6.07, 6.45) is 1.83. The number of nitrogens with zero attached hydrogens (tertiary/aromatic N) is 1. The van der Waals surface area contributed by atoms with E-state index in [0.717, 1.165) is 27.7 Å². The zero-order valence-corrected chi connectivity index (χ0v) is 14.3. The molecule has 5 nitrogen and oxygen atoms in total. The van der Waals surface area contributed by atoms with E-state index in [1.807, 2.05) is 39.8 Å². The largest absolute Gasteiger partial charge is 0.468 e. The van der Waals surface area contributed by atoms with E-state index in [-0.39, 0.29) is 24.9 Å². The SMILES string of the molecule is COC(=O)CN(C(=O)Cc1coc2c(C)c(C)ccc12)C(C)C. The molecule has 0 aliphatic carbocycles. The van der Waals surface area contributed by atoms with Crippen LogP contribution in [0.5, 0.6) is 0 Å². The van der Waals surface area contributed by atoms with Gasteiger partial charge in [-0.3, -0.25) is 9.59 Å². The van der Waals surface area contributed by atoms with Crippen molar-refractivity contribution in [3.05, 3.63) is 35.1 Å². The van der Waals surface area contributed by atoms with Gasteiger partial charge in [-0.05, 0) is 38.8 Å². The number of furan rings is 1. The van der Waals surface area contributed by atoms with E-state index in [1.165, 1.54) is 12.0 Å². The lowest BCUT2D eigenvalue weighted by molar-refractivity contribution is -0.147. The van der Waals surface area contributed by atoms with E-state index in [1.54, 1.807) is 6.26 Å². The first-order valence-corrected chi connectivity index (χ1v) is 7.67. The molecule has 0 saturated carbocycles. The van der Waals surface area contributed by atoms with Gasteiger partial charge in [-0.25, -0.2) is 0 Å². The van der Waals surface area contributed by atoms with Crippen molar-refractivity contribution in [1.29, 1.82) is 0 Å². The molecule has 2 rings (SSSR count). The van der Waals surface area contributed by atoms with Crippen molar-refractivity contribution in [2.24, 2.45) is 0 Å². The molecule has 0 aliphatic heterocycles. The molecule has 1 heterocycles. The van der Waals surface area contributed by atoms with Crippen LogP contribution in [0.4, 0.5) is 0 Å². The third-order valence-corrected chi connectivity index (χ3v) is 4.15. The number of ether oxygens (including phenoxy) is 1. The van der Waals surface area contributed by atoms with Crippen LogP contribution < -0.4 is 0 Å². The highest BCUT2D eigenvalue weighted by molar-refractivity contribution is 5.90. The molecule has 0 aliphatic rings. The van der Waals surface area contributed by atoms with Crippen LogP contribution in [0.25, 0.3) is 11.0 Å². The maximum absolute atomic E-state index is 12.6. The Morgan fingerprint density at radius 1 is 1.26 bits per heavy atom. The standard InChI is InChI=1S/C18H23NO4/c1-11(2)19(9-17(21)22-5)16(20)8-14-10-23-18-13(4)12(3)6-7-15(14)18/h6-7,10-11H,8-9H2,1-5H3. The monoisotopic (exact) mass is 317 g/mol. The molecule has 0 N–H and O–H groups in total. The Bertz CT molecular complexity index is 730. The van der Waals surface area contributed by atoms with Crippen molar-refractivity contribution >= 4 is 22.8 Å². The number of methoxy groups -OCH3 is 1. The van der Waals surface area contributed by atoms with Crippen LogP contribution in [0.2, 0.25) is 0 Å². The minimum Gasteiger partial charge on any atom is -0.468 e. The number of benzene rings is 1. The second-order valence-electron chi connectivity index (χ2n) is 6.01. The predicted molar refractivity (Wildman–Crippen MR) is 88.3 cm³/mol. The summed E-state index contributed by atoms with van der Waals surface area (Å²) in [5.74, 6) is -0.540. The lowest BCUT2D eigenvalue weighted by Gasteiger charge is -2.25. The van der Waals surface area contributed by atoms with E-state index >= 15 is 0 Å². The van der Waals surface area contributed by atoms with Crippen LogP contribution >= 0.6 is 0 Å².